The second-order valence-corrected chi connectivity index (χ2v) is 5.84. The van der Waals surface area contributed by atoms with E-state index < -0.39 is 35.8 Å². The van der Waals surface area contributed by atoms with Gasteiger partial charge in [0.25, 0.3) is 5.91 Å². The fourth-order valence-electron chi connectivity index (χ4n) is 2.15. The molecule has 0 saturated carbocycles. The smallest absolute Gasteiger partial charge is 0.374 e. The first-order chi connectivity index (χ1) is 12.0. The molecule has 0 radical (unpaired) electrons. The van der Waals surface area contributed by atoms with E-state index in [9.17, 15) is 27.9 Å². The van der Waals surface area contributed by atoms with Gasteiger partial charge in [-0.05, 0) is 24.3 Å². The second-order valence-electron chi connectivity index (χ2n) is 5.41. The number of amides is 2. The van der Waals surface area contributed by atoms with E-state index in [1.165, 1.54) is 37.5 Å². The average molecular weight is 391 g/mol. The molecular formula is C15H14ClF3N4O3. The van der Waals surface area contributed by atoms with E-state index >= 15 is 0 Å². The number of imidazole rings is 1. The molecule has 0 saturated heterocycles. The number of aliphatic hydroxyl groups is 1. The third-order valence-electron chi connectivity index (χ3n) is 3.50. The molecule has 2 rings (SSSR count). The predicted octanol–water partition coefficient (Wildman–Crippen LogP) is 1.67. The molecule has 26 heavy (non-hydrogen) atoms. The summed E-state index contributed by atoms with van der Waals surface area (Å²) in [5.74, 6) is -2.76. The number of rotatable bonds is 4. The summed E-state index contributed by atoms with van der Waals surface area (Å²) in [4.78, 5) is 27.2. The first kappa shape index (κ1) is 19.7. The van der Waals surface area contributed by atoms with E-state index in [2.05, 4.69) is 4.98 Å². The molecule has 0 aliphatic heterocycles. The van der Waals surface area contributed by atoms with Crippen LogP contribution in [0.3, 0.4) is 0 Å². The maximum atomic E-state index is 13.3. The van der Waals surface area contributed by atoms with Gasteiger partial charge in [0.2, 0.25) is 11.5 Å². The van der Waals surface area contributed by atoms with Crippen LogP contribution in [0.15, 0.2) is 36.7 Å². The minimum absolute atomic E-state index is 0.130. The van der Waals surface area contributed by atoms with Gasteiger partial charge in [-0.3, -0.25) is 20.4 Å². The van der Waals surface area contributed by atoms with E-state index in [-0.39, 0.29) is 5.56 Å². The highest BCUT2D eigenvalue weighted by Gasteiger charge is 2.58. The first-order valence-corrected chi connectivity index (χ1v) is 7.54. The molecule has 2 aromatic rings. The van der Waals surface area contributed by atoms with E-state index in [0.717, 1.165) is 10.8 Å². The van der Waals surface area contributed by atoms with Gasteiger partial charge in [-0.2, -0.15) is 13.2 Å². The van der Waals surface area contributed by atoms with Gasteiger partial charge in [-0.15, -0.1) is 0 Å². The van der Waals surface area contributed by atoms with Crippen molar-refractivity contribution in [2.75, 3.05) is 0 Å². The van der Waals surface area contributed by atoms with Crippen LogP contribution in [-0.2, 0) is 17.4 Å². The maximum Gasteiger partial charge on any atom is 0.425 e. The highest BCUT2D eigenvalue weighted by Crippen LogP contribution is 2.40. The Labute approximate surface area is 150 Å². The zero-order valence-corrected chi connectivity index (χ0v) is 14.1. The van der Waals surface area contributed by atoms with Crippen LogP contribution in [0.25, 0.3) is 0 Å². The Morgan fingerprint density at radius 2 is 1.85 bits per heavy atom. The van der Waals surface area contributed by atoms with Crippen molar-refractivity contribution in [1.82, 2.24) is 20.4 Å². The summed E-state index contributed by atoms with van der Waals surface area (Å²) in [5, 5.41) is 10.5. The molecule has 1 aromatic carbocycles. The number of hydrogen-bond donors (Lipinski definition) is 3. The van der Waals surface area contributed by atoms with Crippen molar-refractivity contribution in [2.45, 2.75) is 18.2 Å². The molecule has 0 aliphatic carbocycles. The van der Waals surface area contributed by atoms with Crippen molar-refractivity contribution in [2.24, 2.45) is 7.05 Å². The minimum atomic E-state index is -5.16. The van der Waals surface area contributed by atoms with E-state index in [1.54, 1.807) is 0 Å². The van der Waals surface area contributed by atoms with Crippen molar-refractivity contribution >= 4 is 23.4 Å². The number of carbonyl (C=O) groups excluding carboxylic acids is 2. The van der Waals surface area contributed by atoms with E-state index in [1.807, 2.05) is 10.9 Å². The molecule has 140 valence electrons. The highest BCUT2D eigenvalue weighted by molar-refractivity contribution is 6.30. The highest BCUT2D eigenvalue weighted by atomic mass is 35.5. The van der Waals surface area contributed by atoms with Crippen molar-refractivity contribution < 1.29 is 27.9 Å². The van der Waals surface area contributed by atoms with Gasteiger partial charge in [0, 0.05) is 30.0 Å². The molecule has 0 fully saturated rings. The summed E-state index contributed by atoms with van der Waals surface area (Å²) in [6, 6.07) is 5.59. The molecule has 11 heteroatoms. The Balaban J connectivity index is 2.07. The Morgan fingerprint density at radius 3 is 2.35 bits per heavy atom. The van der Waals surface area contributed by atoms with Gasteiger partial charge >= 0.3 is 6.18 Å². The molecule has 3 N–H and O–H groups in total. The summed E-state index contributed by atoms with van der Waals surface area (Å²) in [6.45, 7) is 0. The van der Waals surface area contributed by atoms with Crippen LogP contribution >= 0.6 is 11.6 Å². The van der Waals surface area contributed by atoms with Gasteiger partial charge < -0.3 is 9.67 Å². The number of hydrogen-bond acceptors (Lipinski definition) is 4. The van der Waals surface area contributed by atoms with Gasteiger partial charge in [-0.25, -0.2) is 4.98 Å². The monoisotopic (exact) mass is 390 g/mol. The van der Waals surface area contributed by atoms with Crippen molar-refractivity contribution in [1.29, 1.82) is 0 Å². The maximum absolute atomic E-state index is 13.3. The molecule has 0 bridgehead atoms. The lowest BCUT2D eigenvalue weighted by Gasteiger charge is -2.29. The topological polar surface area (TPSA) is 96.2 Å². The van der Waals surface area contributed by atoms with Crippen LogP contribution in [0, 0.1) is 0 Å². The van der Waals surface area contributed by atoms with Crippen LogP contribution in [0.1, 0.15) is 22.6 Å². The third-order valence-corrected chi connectivity index (χ3v) is 3.75. The summed E-state index contributed by atoms with van der Waals surface area (Å²) in [5.41, 5.74) is 0.417. The first-order valence-electron chi connectivity index (χ1n) is 7.16. The Morgan fingerprint density at radius 1 is 1.23 bits per heavy atom. The number of nitrogens with zero attached hydrogens (tertiary/aromatic N) is 2. The van der Waals surface area contributed by atoms with Crippen LogP contribution in [0.5, 0.6) is 0 Å². The van der Waals surface area contributed by atoms with Crippen LogP contribution in [0.2, 0.25) is 5.02 Å². The molecule has 1 atom stereocenters. The lowest BCUT2D eigenvalue weighted by atomic mass is 9.97. The van der Waals surface area contributed by atoms with Crippen molar-refractivity contribution in [3.63, 3.8) is 0 Å². The van der Waals surface area contributed by atoms with Crippen molar-refractivity contribution in [3.8, 4) is 0 Å². The number of carbonyl (C=O) groups is 2. The molecule has 0 aliphatic rings. The number of alkyl halides is 3. The third kappa shape index (κ3) is 4.14. The van der Waals surface area contributed by atoms with Crippen LogP contribution in [-0.4, -0.2) is 32.6 Å². The lowest BCUT2D eigenvalue weighted by Crippen LogP contribution is -2.50. The number of hydrazine groups is 1. The number of halogens is 4. The summed E-state index contributed by atoms with van der Waals surface area (Å²) < 4.78 is 40.9. The number of aryl methyl sites for hydroxylation is 1. The zero-order chi connectivity index (χ0) is 19.5. The molecule has 1 unspecified atom stereocenters. The van der Waals surface area contributed by atoms with E-state index in [0.29, 0.717) is 5.02 Å². The summed E-state index contributed by atoms with van der Waals surface area (Å²) >= 11 is 5.68. The Bertz CT molecular complexity index is 807. The number of benzene rings is 1. The molecule has 1 heterocycles. The fraction of sp³-hybridized carbons (Fsp3) is 0.267. The molecule has 1 aromatic heterocycles. The van der Waals surface area contributed by atoms with E-state index in [4.69, 9.17) is 11.6 Å². The van der Waals surface area contributed by atoms with Gasteiger partial charge in [0.1, 0.15) is 0 Å². The number of aromatic nitrogens is 2. The molecular weight excluding hydrogens is 377 g/mol. The van der Waals surface area contributed by atoms with Gasteiger partial charge in [0.15, 0.2) is 5.82 Å². The van der Waals surface area contributed by atoms with Crippen LogP contribution in [0.4, 0.5) is 13.2 Å². The fourth-order valence-corrected chi connectivity index (χ4v) is 2.27. The largest absolute Gasteiger partial charge is 0.425 e. The molecule has 0 spiro atoms. The summed E-state index contributed by atoms with van der Waals surface area (Å²) in [6.07, 6.45) is -4.29. The SMILES string of the molecule is Cn1ccnc1C(O)(CC(=O)NNC(=O)c1ccc(Cl)cc1)C(F)(F)F. The van der Waals surface area contributed by atoms with Crippen molar-refractivity contribution in [3.05, 3.63) is 53.1 Å². The number of nitrogens with one attached hydrogen (secondary N) is 2. The minimum Gasteiger partial charge on any atom is -0.374 e. The molecule has 7 nitrogen and oxygen atoms in total. The standard InChI is InChI=1S/C15H14ClF3N4O3/c1-23-7-6-20-13(23)14(26,15(17,18)19)8-11(24)21-22-12(25)9-2-4-10(16)5-3-9/h2-7,26H,8H2,1H3,(H,21,24)(H,22,25). The summed E-state index contributed by atoms with van der Waals surface area (Å²) in [7, 11) is 1.25. The molecule has 2 amide bonds. The lowest BCUT2D eigenvalue weighted by molar-refractivity contribution is -0.271. The van der Waals surface area contributed by atoms with Gasteiger partial charge in [-0.1, -0.05) is 11.6 Å². The van der Waals surface area contributed by atoms with Gasteiger partial charge in [0.05, 0.1) is 6.42 Å². The normalized spacial score (nSPS) is 13.8. The predicted molar refractivity (Wildman–Crippen MR) is 84.8 cm³/mol. The van der Waals surface area contributed by atoms with Crippen LogP contribution < -0.4 is 10.9 Å². The second kappa shape index (κ2) is 7.34. The zero-order valence-electron chi connectivity index (χ0n) is 13.3. The Hall–Kier alpha value is -2.59. The average Bonchev–Trinajstić information content (AvgIpc) is 2.98. The Kier molecular flexibility index (Phi) is 5.57. The quantitative estimate of drug-likeness (QED) is 0.692.